The Balaban J connectivity index is 4.01. The molecule has 0 radical (unpaired) electrons. The zero-order chi connectivity index (χ0) is 23.8. The van der Waals surface area contributed by atoms with E-state index in [9.17, 15) is 31.5 Å². The van der Waals surface area contributed by atoms with Crippen LogP contribution in [0.3, 0.4) is 0 Å². The van der Waals surface area contributed by atoms with Crippen molar-refractivity contribution in [3.63, 3.8) is 0 Å². The van der Waals surface area contributed by atoms with Gasteiger partial charge in [-0.3, -0.25) is 4.79 Å². The summed E-state index contributed by atoms with van der Waals surface area (Å²) < 4.78 is 67.8. The summed E-state index contributed by atoms with van der Waals surface area (Å²) >= 11 is 0. The number of hydrogen-bond donors (Lipinski definition) is 1. The summed E-state index contributed by atoms with van der Waals surface area (Å²) in [6.45, 7) is 5.50. The second-order valence-corrected chi connectivity index (χ2v) is 7.68. The number of nitrogens with one attached hydrogen (secondary N) is 1. The second kappa shape index (κ2) is 16.0. The fourth-order valence-corrected chi connectivity index (χ4v) is 2.97. The number of rotatable bonds is 18. The fourth-order valence-electron chi connectivity index (χ4n) is 2.97. The van der Waals surface area contributed by atoms with E-state index in [4.69, 9.17) is 4.74 Å². The number of carbonyl (C=O) groups is 2. The topological polar surface area (TPSA) is 55.4 Å². The van der Waals surface area contributed by atoms with Crippen molar-refractivity contribution < 1.29 is 36.3 Å². The number of esters is 1. The number of carbonyl (C=O) groups excluding carboxylic acids is 2. The Hall–Kier alpha value is -1.67. The maximum absolute atomic E-state index is 13.0. The van der Waals surface area contributed by atoms with Crippen molar-refractivity contribution in [2.45, 2.75) is 109 Å². The van der Waals surface area contributed by atoms with E-state index in [-0.39, 0.29) is 13.0 Å². The molecule has 0 fully saturated rings. The predicted octanol–water partition coefficient (Wildman–Crippen LogP) is 6.49. The second-order valence-electron chi connectivity index (χ2n) is 7.68. The first kappa shape index (κ1) is 29.3. The third kappa shape index (κ3) is 12.7. The van der Waals surface area contributed by atoms with Crippen molar-refractivity contribution in [2.75, 3.05) is 6.61 Å². The van der Waals surface area contributed by atoms with Gasteiger partial charge in [0.2, 0.25) is 0 Å². The Morgan fingerprint density at radius 1 is 0.871 bits per heavy atom. The smallest absolute Gasteiger partial charge is 0.463 e. The molecule has 0 aromatic carbocycles. The molecule has 0 aliphatic rings. The van der Waals surface area contributed by atoms with Crippen molar-refractivity contribution in [1.29, 1.82) is 0 Å². The van der Waals surface area contributed by atoms with Crippen molar-refractivity contribution in [1.82, 2.24) is 5.32 Å². The standard InChI is InChI=1S/C22H36F5NO3/c1-3-5-6-7-8-9-10-11-12-13-14-15-17-31-19(29)18(16-4-2)28-20(30)21(23,24)22(25,26)27/h4,18H,2-3,5-17H2,1H3,(H,28,30). The molecule has 182 valence electrons. The van der Waals surface area contributed by atoms with Crippen molar-refractivity contribution >= 4 is 11.9 Å². The van der Waals surface area contributed by atoms with Crippen LogP contribution in [0.15, 0.2) is 12.7 Å². The third-order valence-corrected chi connectivity index (χ3v) is 4.88. The quantitative estimate of drug-likeness (QED) is 0.111. The molecule has 0 rings (SSSR count). The maximum atomic E-state index is 13.0. The molecular formula is C22H36F5NO3. The van der Waals surface area contributed by atoms with Crippen LogP contribution in [0.1, 0.15) is 90.4 Å². The van der Waals surface area contributed by atoms with Crippen LogP contribution >= 0.6 is 0 Å². The average molecular weight is 458 g/mol. The van der Waals surface area contributed by atoms with Crippen LogP contribution in [0.2, 0.25) is 0 Å². The zero-order valence-electron chi connectivity index (χ0n) is 18.4. The minimum absolute atomic E-state index is 0.00936. The molecule has 1 atom stereocenters. The first-order valence-corrected chi connectivity index (χ1v) is 11.1. The van der Waals surface area contributed by atoms with E-state index in [0.717, 1.165) is 31.8 Å². The minimum Gasteiger partial charge on any atom is -0.464 e. The summed E-state index contributed by atoms with van der Waals surface area (Å²) in [5.74, 6) is -9.24. The van der Waals surface area contributed by atoms with Gasteiger partial charge in [-0.1, -0.05) is 83.6 Å². The summed E-state index contributed by atoms with van der Waals surface area (Å²) in [6, 6.07) is -1.64. The summed E-state index contributed by atoms with van der Waals surface area (Å²) in [4.78, 5) is 23.2. The first-order valence-electron chi connectivity index (χ1n) is 11.1. The van der Waals surface area contributed by atoms with Crippen molar-refractivity contribution in [3.8, 4) is 0 Å². The normalized spacial score (nSPS) is 13.0. The van der Waals surface area contributed by atoms with Crippen LogP contribution in [-0.2, 0) is 14.3 Å². The lowest BCUT2D eigenvalue weighted by Gasteiger charge is -2.22. The molecule has 0 heterocycles. The lowest BCUT2D eigenvalue weighted by Crippen LogP contribution is -2.54. The molecule has 0 aliphatic carbocycles. The molecule has 1 amide bonds. The zero-order valence-corrected chi connectivity index (χ0v) is 18.4. The number of hydrogen-bond acceptors (Lipinski definition) is 3. The molecule has 9 heteroatoms. The molecule has 0 aromatic heterocycles. The molecule has 4 nitrogen and oxygen atoms in total. The Morgan fingerprint density at radius 2 is 1.32 bits per heavy atom. The highest BCUT2D eigenvalue weighted by molar-refractivity contribution is 5.89. The Kier molecular flexibility index (Phi) is 15.2. The summed E-state index contributed by atoms with van der Waals surface area (Å²) in [5, 5.41) is 1.41. The molecule has 31 heavy (non-hydrogen) atoms. The Labute approximate surface area is 182 Å². The molecule has 0 spiro atoms. The van der Waals surface area contributed by atoms with Crippen LogP contribution in [-0.4, -0.2) is 36.6 Å². The van der Waals surface area contributed by atoms with E-state index < -0.39 is 30.0 Å². The fraction of sp³-hybridized carbons (Fsp3) is 0.818. The maximum Gasteiger partial charge on any atom is 0.463 e. The Morgan fingerprint density at radius 3 is 1.74 bits per heavy atom. The number of ether oxygens (including phenoxy) is 1. The molecule has 0 aromatic rings. The lowest BCUT2D eigenvalue weighted by molar-refractivity contribution is -0.270. The van der Waals surface area contributed by atoms with Crippen LogP contribution in [0, 0.1) is 0 Å². The van der Waals surface area contributed by atoms with Gasteiger partial charge in [-0.25, -0.2) is 4.79 Å². The number of amides is 1. The first-order chi connectivity index (χ1) is 14.6. The van der Waals surface area contributed by atoms with Crippen LogP contribution in [0.5, 0.6) is 0 Å². The van der Waals surface area contributed by atoms with Gasteiger partial charge in [0.05, 0.1) is 6.61 Å². The molecule has 1 N–H and O–H groups in total. The van der Waals surface area contributed by atoms with E-state index in [2.05, 4.69) is 13.5 Å². The van der Waals surface area contributed by atoms with Crippen LogP contribution in [0.4, 0.5) is 22.0 Å². The van der Waals surface area contributed by atoms with Gasteiger partial charge in [0.1, 0.15) is 6.04 Å². The van der Waals surface area contributed by atoms with Gasteiger partial charge in [-0.15, -0.1) is 6.58 Å². The van der Waals surface area contributed by atoms with E-state index in [1.165, 1.54) is 50.3 Å². The van der Waals surface area contributed by atoms with Gasteiger partial charge in [0.15, 0.2) is 0 Å². The van der Waals surface area contributed by atoms with E-state index >= 15 is 0 Å². The summed E-state index contributed by atoms with van der Waals surface area (Å²) in [6.07, 6.45) is 8.16. The minimum atomic E-state index is -6.05. The number of halogens is 5. The highest BCUT2D eigenvalue weighted by atomic mass is 19.4. The van der Waals surface area contributed by atoms with E-state index in [0.29, 0.717) is 6.42 Å². The van der Waals surface area contributed by atoms with Crippen LogP contribution in [0.25, 0.3) is 0 Å². The molecule has 0 aliphatic heterocycles. The van der Waals surface area contributed by atoms with Crippen molar-refractivity contribution in [3.05, 3.63) is 12.7 Å². The Bertz CT molecular complexity index is 524. The van der Waals surface area contributed by atoms with Gasteiger partial charge in [-0.2, -0.15) is 22.0 Å². The van der Waals surface area contributed by atoms with Crippen molar-refractivity contribution in [2.24, 2.45) is 0 Å². The summed E-state index contributed by atoms with van der Waals surface area (Å²) in [7, 11) is 0. The lowest BCUT2D eigenvalue weighted by atomic mass is 10.1. The molecule has 0 bridgehead atoms. The molecular weight excluding hydrogens is 421 g/mol. The van der Waals surface area contributed by atoms with Crippen LogP contribution < -0.4 is 5.32 Å². The average Bonchev–Trinajstić information content (AvgIpc) is 2.69. The summed E-state index contributed by atoms with van der Waals surface area (Å²) in [5.41, 5.74) is 0. The third-order valence-electron chi connectivity index (χ3n) is 4.88. The highest BCUT2D eigenvalue weighted by Gasteiger charge is 2.63. The van der Waals surface area contributed by atoms with Gasteiger partial charge in [0.25, 0.3) is 0 Å². The molecule has 0 saturated carbocycles. The van der Waals surface area contributed by atoms with E-state index in [1.54, 1.807) is 0 Å². The van der Waals surface area contributed by atoms with Gasteiger partial charge in [0, 0.05) is 0 Å². The van der Waals surface area contributed by atoms with E-state index in [1.807, 2.05) is 0 Å². The number of alkyl halides is 5. The molecule has 1 unspecified atom stereocenters. The highest BCUT2D eigenvalue weighted by Crippen LogP contribution is 2.35. The molecule has 0 saturated heterocycles. The van der Waals surface area contributed by atoms with Gasteiger partial charge >= 0.3 is 24.0 Å². The largest absolute Gasteiger partial charge is 0.464 e. The monoisotopic (exact) mass is 457 g/mol. The number of unbranched alkanes of at least 4 members (excludes halogenated alkanes) is 11. The van der Waals surface area contributed by atoms with Gasteiger partial charge in [-0.05, 0) is 12.8 Å². The SMILES string of the molecule is C=CCC(NC(=O)C(F)(F)C(F)(F)F)C(=O)OCCCCCCCCCCCCCC. The predicted molar refractivity (Wildman–Crippen MR) is 110 cm³/mol. The van der Waals surface area contributed by atoms with Gasteiger partial charge < -0.3 is 10.1 Å².